The smallest absolute Gasteiger partial charge is 0.329 e. The molecule has 8 nitrogen and oxygen atoms in total. The molecule has 0 saturated carbocycles. The van der Waals surface area contributed by atoms with E-state index >= 15 is 0 Å². The van der Waals surface area contributed by atoms with Gasteiger partial charge in [0.25, 0.3) is 5.56 Å². The largest absolute Gasteiger partial charge is 0.427 e. The van der Waals surface area contributed by atoms with Crippen LogP contribution in [0.3, 0.4) is 0 Å². The summed E-state index contributed by atoms with van der Waals surface area (Å²) in [5, 5.41) is 3.17. The summed E-state index contributed by atoms with van der Waals surface area (Å²) in [7, 11) is 1.55. The number of anilines is 1. The maximum atomic E-state index is 13.4. The lowest BCUT2D eigenvalue weighted by atomic mass is 9.81. The van der Waals surface area contributed by atoms with E-state index < -0.39 is 23.1 Å². The molecule has 1 aromatic heterocycles. The highest BCUT2D eigenvalue weighted by molar-refractivity contribution is 6.23. The Morgan fingerprint density at radius 3 is 2.35 bits per heavy atom. The summed E-state index contributed by atoms with van der Waals surface area (Å²) in [6.07, 6.45) is 0. The summed E-state index contributed by atoms with van der Waals surface area (Å²) in [6, 6.07) is 13.8. The third-order valence-electron chi connectivity index (χ3n) is 5.61. The van der Waals surface area contributed by atoms with Crippen LogP contribution >= 0.6 is 0 Å². The summed E-state index contributed by atoms with van der Waals surface area (Å²) < 4.78 is 6.43. The highest BCUT2D eigenvalue weighted by atomic mass is 16.5. The SMILES string of the molecule is CC(=O)Oc1ccc(C2C3=C(Nc4c2c(=O)[nH]c(=O)n4C)c2ccccc2C3=O)cc1. The number of aromatic amines is 1. The van der Waals surface area contributed by atoms with Crippen LogP contribution in [-0.4, -0.2) is 21.3 Å². The standard InChI is InChI=1S/C23H17N3O5/c1-11(27)31-13-9-7-12(8-10-13)16-17-19(14-5-3-4-6-15(14)20(17)28)24-21-18(16)22(29)25-23(30)26(21)2/h3-10,16,24H,1-2H3,(H,25,29,30). The van der Waals surface area contributed by atoms with Gasteiger partial charge in [-0.05, 0) is 17.7 Å². The zero-order valence-corrected chi connectivity index (χ0v) is 16.7. The van der Waals surface area contributed by atoms with Crippen molar-refractivity contribution in [1.82, 2.24) is 9.55 Å². The van der Waals surface area contributed by atoms with Gasteiger partial charge < -0.3 is 10.1 Å². The number of carbonyl (C=O) groups is 2. The lowest BCUT2D eigenvalue weighted by Crippen LogP contribution is -2.37. The minimum absolute atomic E-state index is 0.175. The zero-order valence-electron chi connectivity index (χ0n) is 16.7. The Morgan fingerprint density at radius 1 is 1.00 bits per heavy atom. The average molecular weight is 415 g/mol. The monoisotopic (exact) mass is 415 g/mol. The Kier molecular flexibility index (Phi) is 4.04. The van der Waals surface area contributed by atoms with Crippen molar-refractivity contribution in [3.63, 3.8) is 0 Å². The average Bonchev–Trinajstić information content (AvgIpc) is 3.03. The summed E-state index contributed by atoms with van der Waals surface area (Å²) in [5.41, 5.74) is 2.12. The van der Waals surface area contributed by atoms with Crippen LogP contribution in [0.2, 0.25) is 0 Å². The van der Waals surface area contributed by atoms with Crippen molar-refractivity contribution in [3.05, 3.63) is 97.2 Å². The second-order valence-corrected chi connectivity index (χ2v) is 7.46. The second-order valence-electron chi connectivity index (χ2n) is 7.46. The lowest BCUT2D eigenvalue weighted by molar-refractivity contribution is -0.131. The number of ketones is 1. The molecule has 0 radical (unpaired) electrons. The minimum Gasteiger partial charge on any atom is -0.427 e. The van der Waals surface area contributed by atoms with Crippen molar-refractivity contribution in [3.8, 4) is 5.75 Å². The van der Waals surface area contributed by atoms with Crippen molar-refractivity contribution in [2.24, 2.45) is 7.05 Å². The van der Waals surface area contributed by atoms with E-state index in [1.807, 2.05) is 12.1 Å². The number of nitrogens with one attached hydrogen (secondary N) is 2. The van der Waals surface area contributed by atoms with Crippen molar-refractivity contribution < 1.29 is 14.3 Å². The first-order valence-electron chi connectivity index (χ1n) is 9.63. The molecule has 154 valence electrons. The number of nitrogens with zero attached hydrogens (tertiary/aromatic N) is 1. The molecule has 5 rings (SSSR count). The molecular weight excluding hydrogens is 398 g/mol. The number of fused-ring (bicyclic) bond motifs is 3. The number of aromatic nitrogens is 2. The van der Waals surface area contributed by atoms with Crippen LogP contribution in [-0.2, 0) is 11.8 Å². The molecule has 2 N–H and O–H groups in total. The van der Waals surface area contributed by atoms with E-state index in [1.54, 1.807) is 43.4 Å². The Hall–Kier alpha value is -4.20. The molecule has 0 amide bonds. The Bertz CT molecular complexity index is 1430. The second kappa shape index (κ2) is 6.66. The number of carbonyl (C=O) groups excluding carboxylic acids is 2. The van der Waals surface area contributed by atoms with E-state index in [4.69, 9.17) is 4.74 Å². The molecule has 2 aliphatic rings. The van der Waals surface area contributed by atoms with E-state index in [0.717, 1.165) is 5.56 Å². The maximum absolute atomic E-state index is 13.4. The molecule has 1 aliphatic carbocycles. The van der Waals surface area contributed by atoms with E-state index in [2.05, 4.69) is 10.3 Å². The number of hydrogen-bond acceptors (Lipinski definition) is 6. The number of H-pyrrole nitrogens is 1. The van der Waals surface area contributed by atoms with Crippen LogP contribution in [0, 0.1) is 0 Å². The molecule has 8 heteroatoms. The van der Waals surface area contributed by atoms with E-state index in [1.165, 1.54) is 11.5 Å². The van der Waals surface area contributed by atoms with Crippen molar-refractivity contribution in [1.29, 1.82) is 0 Å². The van der Waals surface area contributed by atoms with Gasteiger partial charge in [-0.3, -0.25) is 23.9 Å². The molecule has 1 unspecified atom stereocenters. The first-order valence-corrected chi connectivity index (χ1v) is 9.63. The maximum Gasteiger partial charge on any atom is 0.329 e. The molecule has 1 atom stereocenters. The van der Waals surface area contributed by atoms with Gasteiger partial charge in [-0.15, -0.1) is 0 Å². The number of rotatable bonds is 2. The van der Waals surface area contributed by atoms with Crippen LogP contribution in [0.5, 0.6) is 5.75 Å². The third kappa shape index (κ3) is 2.76. The predicted octanol–water partition coefficient (Wildman–Crippen LogP) is 2.16. The van der Waals surface area contributed by atoms with Crippen LogP contribution in [0.4, 0.5) is 5.82 Å². The van der Waals surface area contributed by atoms with Crippen LogP contribution in [0.25, 0.3) is 5.70 Å². The number of allylic oxidation sites excluding steroid dienone is 1. The Morgan fingerprint density at radius 2 is 1.68 bits per heavy atom. The molecule has 0 bridgehead atoms. The van der Waals surface area contributed by atoms with Crippen molar-refractivity contribution in [2.45, 2.75) is 12.8 Å². The number of Topliss-reactive ketones (excluding diaryl/α,β-unsaturated/α-hetero) is 1. The van der Waals surface area contributed by atoms with Gasteiger partial charge in [0, 0.05) is 36.6 Å². The normalized spacial score (nSPS) is 16.3. The van der Waals surface area contributed by atoms with Gasteiger partial charge in [0.05, 0.1) is 11.3 Å². The quantitative estimate of drug-likeness (QED) is 0.490. The molecule has 2 heterocycles. The Balaban J connectivity index is 1.77. The number of esters is 1. The van der Waals surface area contributed by atoms with Gasteiger partial charge in [-0.25, -0.2) is 4.79 Å². The van der Waals surface area contributed by atoms with Crippen molar-refractivity contribution in [2.75, 3.05) is 5.32 Å². The first kappa shape index (κ1) is 18.8. The molecule has 0 fully saturated rings. The molecule has 2 aromatic carbocycles. The fourth-order valence-corrected chi connectivity index (χ4v) is 4.26. The topological polar surface area (TPSA) is 110 Å². The van der Waals surface area contributed by atoms with E-state index in [0.29, 0.717) is 34.0 Å². The zero-order chi connectivity index (χ0) is 21.9. The summed E-state index contributed by atoms with van der Waals surface area (Å²) in [6.45, 7) is 1.31. The van der Waals surface area contributed by atoms with Crippen LogP contribution in [0.15, 0.2) is 63.7 Å². The van der Waals surface area contributed by atoms with Gasteiger partial charge in [-0.2, -0.15) is 0 Å². The van der Waals surface area contributed by atoms with Crippen LogP contribution in [0.1, 0.15) is 39.9 Å². The fraction of sp³-hybridized carbons (Fsp3) is 0.130. The van der Waals surface area contributed by atoms with Gasteiger partial charge >= 0.3 is 11.7 Å². The van der Waals surface area contributed by atoms with Crippen molar-refractivity contribution >= 4 is 23.3 Å². The predicted molar refractivity (Wildman–Crippen MR) is 113 cm³/mol. The molecule has 3 aromatic rings. The molecule has 1 aliphatic heterocycles. The number of ether oxygens (including phenoxy) is 1. The molecule has 0 saturated heterocycles. The molecular formula is C23H17N3O5. The lowest BCUT2D eigenvalue weighted by Gasteiger charge is -2.29. The van der Waals surface area contributed by atoms with E-state index in [-0.39, 0.29) is 11.3 Å². The van der Waals surface area contributed by atoms with Gasteiger partial charge in [-0.1, -0.05) is 36.4 Å². The number of benzene rings is 2. The molecule has 0 spiro atoms. The highest BCUT2D eigenvalue weighted by Crippen LogP contribution is 2.47. The number of hydrogen-bond donors (Lipinski definition) is 2. The fourth-order valence-electron chi connectivity index (χ4n) is 4.26. The third-order valence-corrected chi connectivity index (χ3v) is 5.61. The van der Waals surface area contributed by atoms with E-state index in [9.17, 15) is 19.2 Å². The first-order chi connectivity index (χ1) is 14.9. The molecule has 31 heavy (non-hydrogen) atoms. The minimum atomic E-state index is -0.701. The summed E-state index contributed by atoms with van der Waals surface area (Å²) in [4.78, 5) is 52.0. The van der Waals surface area contributed by atoms with Crippen LogP contribution < -0.4 is 21.3 Å². The highest BCUT2D eigenvalue weighted by Gasteiger charge is 2.42. The van der Waals surface area contributed by atoms with Gasteiger partial charge in [0.1, 0.15) is 11.6 Å². The van der Waals surface area contributed by atoms with Gasteiger partial charge in [0.15, 0.2) is 5.78 Å². The summed E-state index contributed by atoms with van der Waals surface area (Å²) >= 11 is 0. The Labute approximate surface area is 175 Å². The van der Waals surface area contributed by atoms with Gasteiger partial charge in [0.2, 0.25) is 0 Å². The summed E-state index contributed by atoms with van der Waals surface area (Å²) in [5.74, 6) is -0.627.